The first-order valence-corrected chi connectivity index (χ1v) is 7.33. The topological polar surface area (TPSA) is 87.2 Å². The van der Waals surface area contributed by atoms with Crippen LogP contribution < -0.4 is 10.9 Å². The van der Waals surface area contributed by atoms with Crippen LogP contribution in [0.5, 0.6) is 0 Å². The van der Waals surface area contributed by atoms with Crippen molar-refractivity contribution in [3.8, 4) is 0 Å². The van der Waals surface area contributed by atoms with E-state index in [0.717, 1.165) is 11.1 Å². The van der Waals surface area contributed by atoms with Crippen LogP contribution >= 0.6 is 0 Å². The number of carbonyl (C=O) groups is 2. The first kappa shape index (κ1) is 16.5. The highest BCUT2D eigenvalue weighted by molar-refractivity contribution is 5.85. The van der Waals surface area contributed by atoms with Gasteiger partial charge in [-0.1, -0.05) is 60.7 Å². The molecule has 23 heavy (non-hydrogen) atoms. The highest BCUT2D eigenvalue weighted by Gasteiger charge is 2.31. The molecule has 2 aromatic rings. The van der Waals surface area contributed by atoms with E-state index in [1.165, 1.54) is 0 Å². The number of rotatable bonds is 4. The number of ether oxygens (including phenoxy) is 1. The number of nitrogens with one attached hydrogen (secondary N) is 2. The van der Waals surface area contributed by atoms with Gasteiger partial charge in [0.15, 0.2) is 0 Å². The lowest BCUT2D eigenvalue weighted by Gasteiger charge is -2.23. The zero-order valence-electron chi connectivity index (χ0n) is 13.2. The smallest absolute Gasteiger partial charge is 0.352 e. The molecule has 3 rings (SSSR count). The maximum absolute atomic E-state index is 12.2. The number of urea groups is 1. The fourth-order valence-electron chi connectivity index (χ4n) is 1.90. The lowest BCUT2D eigenvalue weighted by atomic mass is 9.85. The number of carbonyl (C=O) groups excluding carboxylic acids is 2. The number of benzene rings is 2. The Labute approximate surface area is 135 Å². The van der Waals surface area contributed by atoms with Gasteiger partial charge in [0.2, 0.25) is 0 Å². The summed E-state index contributed by atoms with van der Waals surface area (Å²) in [5, 5.41) is 0. The van der Waals surface area contributed by atoms with Gasteiger partial charge in [-0.3, -0.25) is 4.79 Å². The highest BCUT2D eigenvalue weighted by atomic mass is 16.5. The molecule has 5 heteroatoms. The molecule has 1 fully saturated rings. The van der Waals surface area contributed by atoms with E-state index in [0.29, 0.717) is 6.61 Å². The van der Waals surface area contributed by atoms with Crippen LogP contribution in [-0.2, 0) is 21.6 Å². The van der Waals surface area contributed by atoms with Gasteiger partial charge in [-0.25, -0.2) is 15.6 Å². The Kier molecular flexibility index (Phi) is 5.36. The maximum atomic E-state index is 12.2. The SMILES string of the molecule is CC(C)(C(=O)OCc1ccccc1)c1ccccc1.O=C1NN1. The quantitative estimate of drug-likeness (QED) is 0.672. The Morgan fingerprint density at radius 1 is 0.957 bits per heavy atom. The van der Waals surface area contributed by atoms with Crippen LogP contribution in [-0.4, -0.2) is 12.0 Å². The van der Waals surface area contributed by atoms with Crippen molar-refractivity contribution in [2.75, 3.05) is 0 Å². The van der Waals surface area contributed by atoms with Crippen molar-refractivity contribution >= 4 is 12.0 Å². The minimum Gasteiger partial charge on any atom is -0.460 e. The molecule has 2 aromatic carbocycles. The normalized spacial score (nSPS) is 12.2. The molecule has 120 valence electrons. The van der Waals surface area contributed by atoms with Crippen LogP contribution in [0.4, 0.5) is 4.79 Å². The monoisotopic (exact) mass is 312 g/mol. The summed E-state index contributed by atoms with van der Waals surface area (Å²) in [7, 11) is 0. The summed E-state index contributed by atoms with van der Waals surface area (Å²) in [6.45, 7) is 4.08. The molecule has 0 atom stereocenters. The summed E-state index contributed by atoms with van der Waals surface area (Å²) in [5.41, 5.74) is 5.75. The van der Waals surface area contributed by atoms with Crippen molar-refractivity contribution in [3.63, 3.8) is 0 Å². The fraction of sp³-hybridized carbons (Fsp3) is 0.222. The molecule has 1 aliphatic rings. The summed E-state index contributed by atoms with van der Waals surface area (Å²) >= 11 is 0. The molecule has 5 nitrogen and oxygen atoms in total. The van der Waals surface area contributed by atoms with E-state index >= 15 is 0 Å². The molecule has 2 N–H and O–H groups in total. The Morgan fingerprint density at radius 2 is 1.43 bits per heavy atom. The number of hydrogen-bond donors (Lipinski definition) is 2. The third-order valence-corrected chi connectivity index (χ3v) is 3.45. The first-order valence-electron chi connectivity index (χ1n) is 7.33. The van der Waals surface area contributed by atoms with Gasteiger partial charge in [0, 0.05) is 0 Å². The van der Waals surface area contributed by atoms with Gasteiger partial charge in [0.25, 0.3) is 0 Å². The molecule has 0 bridgehead atoms. The van der Waals surface area contributed by atoms with Gasteiger partial charge in [-0.05, 0) is 25.0 Å². The zero-order valence-corrected chi connectivity index (χ0v) is 13.2. The van der Waals surface area contributed by atoms with Gasteiger partial charge in [-0.2, -0.15) is 0 Å². The standard InChI is InChI=1S/C17H18O2.CH2N2O/c1-17(2,15-11-7-4-8-12-15)16(18)19-13-14-9-5-3-6-10-14;4-1-2-3-1/h3-12H,13H2,1-2H3;(H2,2,3,4). The maximum Gasteiger partial charge on any atom is 0.352 e. The van der Waals surface area contributed by atoms with Crippen molar-refractivity contribution in [2.45, 2.75) is 25.9 Å². The predicted molar refractivity (Wildman–Crippen MR) is 87.4 cm³/mol. The van der Waals surface area contributed by atoms with E-state index in [1.54, 1.807) is 0 Å². The van der Waals surface area contributed by atoms with E-state index in [9.17, 15) is 9.59 Å². The molecular formula is C18H20N2O3. The minimum absolute atomic E-state index is 0.0833. The number of amides is 2. The van der Waals surface area contributed by atoms with Crippen molar-refractivity contribution < 1.29 is 14.3 Å². The van der Waals surface area contributed by atoms with Crippen molar-refractivity contribution in [1.82, 2.24) is 10.9 Å². The van der Waals surface area contributed by atoms with Crippen molar-refractivity contribution in [2.24, 2.45) is 0 Å². The Hall–Kier alpha value is -2.82. The molecule has 0 spiro atoms. The third kappa shape index (κ3) is 5.14. The second-order valence-electron chi connectivity index (χ2n) is 5.63. The summed E-state index contributed by atoms with van der Waals surface area (Å²) in [5.74, 6) is -0.206. The molecular weight excluding hydrogens is 292 g/mol. The van der Waals surface area contributed by atoms with Gasteiger partial charge in [0.05, 0.1) is 5.41 Å². The molecule has 0 unspecified atom stereocenters. The van der Waals surface area contributed by atoms with E-state index in [2.05, 4.69) is 10.9 Å². The zero-order chi connectivity index (χ0) is 16.7. The van der Waals surface area contributed by atoms with Gasteiger partial charge >= 0.3 is 12.0 Å². The fourth-order valence-corrected chi connectivity index (χ4v) is 1.90. The molecule has 1 aliphatic heterocycles. The van der Waals surface area contributed by atoms with Crippen LogP contribution in [0.2, 0.25) is 0 Å². The summed E-state index contributed by atoms with van der Waals surface area (Å²) in [6.07, 6.45) is 0. The second kappa shape index (κ2) is 7.45. The van der Waals surface area contributed by atoms with Crippen LogP contribution in [0.15, 0.2) is 60.7 Å². The van der Waals surface area contributed by atoms with Crippen molar-refractivity contribution in [1.29, 1.82) is 0 Å². The lowest BCUT2D eigenvalue weighted by Crippen LogP contribution is -2.30. The Balaban J connectivity index is 0.000000417. The number of hydrazine groups is 1. The Morgan fingerprint density at radius 3 is 1.91 bits per heavy atom. The highest BCUT2D eigenvalue weighted by Crippen LogP contribution is 2.24. The lowest BCUT2D eigenvalue weighted by molar-refractivity contribution is -0.150. The third-order valence-electron chi connectivity index (χ3n) is 3.45. The van der Waals surface area contributed by atoms with Crippen LogP contribution in [0, 0.1) is 0 Å². The van der Waals surface area contributed by atoms with E-state index in [1.807, 2.05) is 74.5 Å². The Bertz CT molecular complexity index is 648. The molecule has 0 aliphatic carbocycles. The second-order valence-corrected chi connectivity index (χ2v) is 5.63. The largest absolute Gasteiger partial charge is 0.460 e. The van der Waals surface area contributed by atoms with Gasteiger partial charge in [-0.15, -0.1) is 0 Å². The molecule has 0 radical (unpaired) electrons. The molecule has 1 heterocycles. The van der Waals surface area contributed by atoms with E-state index in [-0.39, 0.29) is 12.0 Å². The minimum atomic E-state index is -0.629. The van der Waals surface area contributed by atoms with Gasteiger partial charge < -0.3 is 4.74 Å². The van der Waals surface area contributed by atoms with Gasteiger partial charge in [0.1, 0.15) is 6.61 Å². The van der Waals surface area contributed by atoms with Crippen LogP contribution in [0.25, 0.3) is 0 Å². The molecule has 0 saturated carbocycles. The summed E-state index contributed by atoms with van der Waals surface area (Å²) in [6, 6.07) is 19.3. The average Bonchev–Trinajstić information content (AvgIpc) is 3.37. The molecule has 2 amide bonds. The van der Waals surface area contributed by atoms with Crippen LogP contribution in [0.3, 0.4) is 0 Å². The van der Waals surface area contributed by atoms with Crippen LogP contribution in [0.1, 0.15) is 25.0 Å². The number of hydrogen-bond acceptors (Lipinski definition) is 3. The van der Waals surface area contributed by atoms with E-state index < -0.39 is 5.41 Å². The molecule has 1 saturated heterocycles. The molecule has 0 aromatic heterocycles. The average molecular weight is 312 g/mol. The first-order chi connectivity index (χ1) is 11.0. The van der Waals surface area contributed by atoms with E-state index in [4.69, 9.17) is 4.74 Å². The summed E-state index contributed by atoms with van der Waals surface area (Å²) < 4.78 is 5.41. The summed E-state index contributed by atoms with van der Waals surface area (Å²) in [4.78, 5) is 21.5. The number of esters is 1. The van der Waals surface area contributed by atoms with Crippen molar-refractivity contribution in [3.05, 3.63) is 71.8 Å². The predicted octanol–water partition coefficient (Wildman–Crippen LogP) is 2.92.